The van der Waals surface area contributed by atoms with Crippen LogP contribution in [0.2, 0.25) is 5.02 Å². The fraction of sp³-hybridized carbons (Fsp3) is 0.231. The van der Waals surface area contributed by atoms with Gasteiger partial charge in [0, 0.05) is 18.2 Å². The van der Waals surface area contributed by atoms with Crippen LogP contribution in [0.4, 0.5) is 11.4 Å². The Morgan fingerprint density at radius 3 is 2.36 bits per heavy atom. The summed E-state index contributed by atoms with van der Waals surface area (Å²) in [6.07, 6.45) is 1.83. The predicted octanol–water partition coefficient (Wildman–Crippen LogP) is 4.08. The predicted molar refractivity (Wildman–Crippen MR) is 139 cm³/mol. The van der Waals surface area contributed by atoms with Gasteiger partial charge in [-0.15, -0.1) is 0 Å². The van der Waals surface area contributed by atoms with Gasteiger partial charge in [-0.3, -0.25) is 13.9 Å². The maximum absolute atomic E-state index is 13.4. The lowest BCUT2D eigenvalue weighted by Crippen LogP contribution is -2.38. The number of nitrogens with zero attached hydrogens (tertiary/aromatic N) is 1. The van der Waals surface area contributed by atoms with Crippen LogP contribution in [0.3, 0.4) is 0 Å². The number of ether oxygens (including phenoxy) is 1. The van der Waals surface area contributed by atoms with Crippen LogP contribution in [0.5, 0.6) is 0 Å². The van der Waals surface area contributed by atoms with E-state index in [4.69, 9.17) is 16.3 Å². The highest BCUT2D eigenvalue weighted by Crippen LogP contribution is 2.25. The number of halogens is 1. The Balaban J connectivity index is 1.53. The molecule has 0 unspecified atom stereocenters. The molecule has 1 aliphatic rings. The number of carbonyl (C=O) groups excluding carboxylic acids is 2. The average molecular weight is 528 g/mol. The van der Waals surface area contributed by atoms with Gasteiger partial charge in [0.15, 0.2) is 0 Å². The van der Waals surface area contributed by atoms with Gasteiger partial charge in [-0.1, -0.05) is 41.9 Å². The third-order valence-electron chi connectivity index (χ3n) is 5.69. The zero-order valence-electron chi connectivity index (χ0n) is 19.4. The van der Waals surface area contributed by atoms with E-state index >= 15 is 0 Å². The Morgan fingerprint density at radius 1 is 0.972 bits per heavy atom. The highest BCUT2D eigenvalue weighted by molar-refractivity contribution is 7.92. The first-order valence-electron chi connectivity index (χ1n) is 11.5. The molecule has 1 heterocycles. The molecule has 2 amide bonds. The van der Waals surface area contributed by atoms with E-state index in [1.165, 1.54) is 24.3 Å². The molecular weight excluding hydrogens is 502 g/mol. The zero-order chi connectivity index (χ0) is 25.5. The fourth-order valence-electron chi connectivity index (χ4n) is 3.86. The molecule has 188 valence electrons. The van der Waals surface area contributed by atoms with Crippen LogP contribution in [0.25, 0.3) is 0 Å². The third-order valence-corrected chi connectivity index (χ3v) is 7.73. The number of carbonyl (C=O) groups is 2. The van der Waals surface area contributed by atoms with Gasteiger partial charge in [0.1, 0.15) is 6.54 Å². The molecule has 1 fully saturated rings. The second-order valence-electron chi connectivity index (χ2n) is 8.24. The first-order chi connectivity index (χ1) is 17.3. The Kier molecular flexibility index (Phi) is 8.25. The minimum Gasteiger partial charge on any atom is -0.376 e. The van der Waals surface area contributed by atoms with Crippen LogP contribution in [0, 0.1) is 0 Å². The lowest BCUT2D eigenvalue weighted by molar-refractivity contribution is -0.114. The van der Waals surface area contributed by atoms with Crippen molar-refractivity contribution in [2.45, 2.75) is 23.8 Å². The quantitative estimate of drug-likeness (QED) is 0.436. The molecule has 3 aromatic rings. The molecule has 1 aliphatic heterocycles. The summed E-state index contributed by atoms with van der Waals surface area (Å²) in [7, 11) is -4.08. The third kappa shape index (κ3) is 6.23. The van der Waals surface area contributed by atoms with Crippen molar-refractivity contribution in [2.24, 2.45) is 0 Å². The monoisotopic (exact) mass is 527 g/mol. The van der Waals surface area contributed by atoms with Gasteiger partial charge in [-0.05, 0) is 61.4 Å². The van der Waals surface area contributed by atoms with Crippen LogP contribution >= 0.6 is 11.6 Å². The Morgan fingerprint density at radius 2 is 1.67 bits per heavy atom. The number of amides is 2. The number of para-hydroxylation sites is 2. The van der Waals surface area contributed by atoms with E-state index in [9.17, 15) is 18.0 Å². The minimum absolute atomic E-state index is 0.00235. The summed E-state index contributed by atoms with van der Waals surface area (Å²) in [4.78, 5) is 25.9. The van der Waals surface area contributed by atoms with Crippen molar-refractivity contribution >= 4 is 44.8 Å². The molecule has 36 heavy (non-hydrogen) atoms. The van der Waals surface area contributed by atoms with E-state index in [1.54, 1.807) is 54.6 Å². The van der Waals surface area contributed by atoms with E-state index in [-0.39, 0.29) is 28.2 Å². The lowest BCUT2D eigenvalue weighted by Gasteiger charge is -2.24. The normalized spacial score (nSPS) is 15.3. The van der Waals surface area contributed by atoms with Crippen LogP contribution < -0.4 is 14.9 Å². The number of benzene rings is 3. The van der Waals surface area contributed by atoms with Gasteiger partial charge in [0.05, 0.1) is 27.9 Å². The summed E-state index contributed by atoms with van der Waals surface area (Å²) >= 11 is 5.92. The molecule has 2 N–H and O–H groups in total. The summed E-state index contributed by atoms with van der Waals surface area (Å²) < 4.78 is 33.5. The zero-order valence-corrected chi connectivity index (χ0v) is 21.0. The van der Waals surface area contributed by atoms with E-state index < -0.39 is 22.5 Å². The van der Waals surface area contributed by atoms with Gasteiger partial charge in [-0.25, -0.2) is 8.42 Å². The number of anilines is 2. The van der Waals surface area contributed by atoms with Crippen LogP contribution in [-0.2, 0) is 19.6 Å². The van der Waals surface area contributed by atoms with E-state index in [1.807, 2.05) is 0 Å². The number of sulfonamides is 1. The summed E-state index contributed by atoms with van der Waals surface area (Å²) in [5, 5.41) is 5.93. The van der Waals surface area contributed by atoms with Gasteiger partial charge < -0.3 is 15.4 Å². The molecule has 1 saturated heterocycles. The molecule has 0 radical (unpaired) electrons. The minimum atomic E-state index is -4.08. The molecule has 3 aromatic carbocycles. The lowest BCUT2D eigenvalue weighted by atomic mass is 10.1. The molecular formula is C26H26ClN3O5S. The molecule has 8 nitrogen and oxygen atoms in total. The molecule has 4 rings (SSSR count). The number of nitrogens with one attached hydrogen (secondary N) is 2. The SMILES string of the molecule is O=C(CN(c1ccccc1)S(=O)(=O)c1ccc(Cl)cc1)Nc1ccccc1C(=O)NC[C@H]1CCCO1. The number of rotatable bonds is 9. The standard InChI is InChI=1S/C26H26ClN3O5S/c27-19-12-14-22(15-13-19)36(33,34)30(20-7-2-1-3-8-20)18-25(31)29-24-11-5-4-10-23(24)26(32)28-17-21-9-6-16-35-21/h1-5,7-8,10-15,21H,6,9,16-18H2,(H,28,32)(H,29,31)/t21-/m1/s1. The summed E-state index contributed by atoms with van der Waals surface area (Å²) in [6.45, 7) is 0.563. The maximum atomic E-state index is 13.4. The van der Waals surface area contributed by atoms with Gasteiger partial charge in [0.2, 0.25) is 5.91 Å². The Bertz CT molecular complexity index is 1310. The van der Waals surface area contributed by atoms with Gasteiger partial charge >= 0.3 is 0 Å². The van der Waals surface area contributed by atoms with Crippen molar-refractivity contribution in [3.63, 3.8) is 0 Å². The molecule has 0 saturated carbocycles. The highest BCUT2D eigenvalue weighted by Gasteiger charge is 2.28. The number of hydrogen-bond donors (Lipinski definition) is 2. The topological polar surface area (TPSA) is 105 Å². The van der Waals surface area contributed by atoms with E-state index in [0.717, 1.165) is 17.1 Å². The molecule has 0 aliphatic carbocycles. The van der Waals surface area contributed by atoms with Crippen molar-refractivity contribution < 1.29 is 22.7 Å². The molecule has 0 aromatic heterocycles. The van der Waals surface area contributed by atoms with Crippen LogP contribution in [0.1, 0.15) is 23.2 Å². The summed E-state index contributed by atoms with van der Waals surface area (Å²) in [5.41, 5.74) is 0.880. The molecule has 0 spiro atoms. The second kappa shape index (κ2) is 11.6. The highest BCUT2D eigenvalue weighted by atomic mass is 35.5. The van der Waals surface area contributed by atoms with Crippen molar-refractivity contribution in [1.82, 2.24) is 5.32 Å². The van der Waals surface area contributed by atoms with Crippen molar-refractivity contribution in [3.05, 3.63) is 89.4 Å². The van der Waals surface area contributed by atoms with Gasteiger partial charge in [-0.2, -0.15) is 0 Å². The first-order valence-corrected chi connectivity index (χ1v) is 13.3. The molecule has 1 atom stereocenters. The second-order valence-corrected chi connectivity index (χ2v) is 10.5. The molecule has 0 bridgehead atoms. The first kappa shape index (κ1) is 25.7. The number of hydrogen-bond acceptors (Lipinski definition) is 5. The van der Waals surface area contributed by atoms with Crippen LogP contribution in [0.15, 0.2) is 83.8 Å². The van der Waals surface area contributed by atoms with Crippen molar-refractivity contribution in [3.8, 4) is 0 Å². The summed E-state index contributed by atoms with van der Waals surface area (Å²) in [6, 6.07) is 20.6. The van der Waals surface area contributed by atoms with E-state index in [2.05, 4.69) is 10.6 Å². The van der Waals surface area contributed by atoms with Crippen molar-refractivity contribution in [2.75, 3.05) is 29.3 Å². The van der Waals surface area contributed by atoms with Crippen LogP contribution in [-0.4, -0.2) is 46.0 Å². The fourth-order valence-corrected chi connectivity index (χ4v) is 5.41. The summed E-state index contributed by atoms with van der Waals surface area (Å²) in [5.74, 6) is -0.953. The Labute approximate surface area is 215 Å². The smallest absolute Gasteiger partial charge is 0.264 e. The van der Waals surface area contributed by atoms with Gasteiger partial charge in [0.25, 0.3) is 15.9 Å². The largest absolute Gasteiger partial charge is 0.376 e. The average Bonchev–Trinajstić information content (AvgIpc) is 3.41. The maximum Gasteiger partial charge on any atom is 0.264 e. The molecule has 10 heteroatoms. The Hall–Kier alpha value is -3.40. The van der Waals surface area contributed by atoms with Crippen molar-refractivity contribution in [1.29, 1.82) is 0 Å². The van der Waals surface area contributed by atoms with E-state index in [0.29, 0.717) is 23.9 Å².